The molecule has 1 N–H and O–H groups in total. The summed E-state index contributed by atoms with van der Waals surface area (Å²) >= 11 is 1.37. The van der Waals surface area contributed by atoms with Gasteiger partial charge in [-0.1, -0.05) is 11.8 Å². The van der Waals surface area contributed by atoms with E-state index < -0.39 is 9.84 Å². The first kappa shape index (κ1) is 13.8. The first-order valence-corrected chi connectivity index (χ1v) is 9.10. The number of nitrogens with one attached hydrogen (secondary N) is 1. The van der Waals surface area contributed by atoms with Gasteiger partial charge in [0.2, 0.25) is 0 Å². The minimum Gasteiger partial charge on any atom is -0.378 e. The van der Waals surface area contributed by atoms with Crippen molar-refractivity contribution in [3.63, 3.8) is 0 Å². The maximum atomic E-state index is 11.8. The van der Waals surface area contributed by atoms with Crippen molar-refractivity contribution in [1.29, 1.82) is 5.41 Å². The summed E-state index contributed by atoms with van der Waals surface area (Å²) in [6.07, 6.45) is 0. The van der Waals surface area contributed by atoms with Crippen LogP contribution in [0.3, 0.4) is 0 Å². The smallest absolute Gasteiger partial charge is 0.161 e. The van der Waals surface area contributed by atoms with Gasteiger partial charge >= 0.3 is 0 Å². The second-order valence-corrected chi connectivity index (χ2v) is 8.77. The number of nitrogens with zero attached hydrogens (tertiary/aromatic N) is 2. The van der Waals surface area contributed by atoms with Crippen molar-refractivity contribution >= 4 is 38.1 Å². The van der Waals surface area contributed by atoms with Gasteiger partial charge in [-0.25, -0.2) is 8.42 Å². The number of hydrogen-bond acceptors (Lipinski definition) is 5. The van der Waals surface area contributed by atoms with E-state index in [2.05, 4.69) is 0 Å². The van der Waals surface area contributed by atoms with Gasteiger partial charge in [-0.2, -0.15) is 0 Å². The van der Waals surface area contributed by atoms with Crippen LogP contribution in [0.5, 0.6) is 0 Å². The minimum atomic E-state index is -2.96. The van der Waals surface area contributed by atoms with Crippen molar-refractivity contribution in [2.24, 2.45) is 0 Å². The third-order valence-electron chi connectivity index (χ3n) is 3.73. The molecule has 1 aromatic rings. The van der Waals surface area contributed by atoms with E-state index in [-0.39, 0.29) is 22.8 Å². The third-order valence-corrected chi connectivity index (χ3v) is 6.86. The molecule has 5 nitrogen and oxygen atoms in total. The molecule has 2 fully saturated rings. The van der Waals surface area contributed by atoms with E-state index in [4.69, 9.17) is 5.41 Å². The lowest BCUT2D eigenvalue weighted by Crippen LogP contribution is -2.37. The number of sulfone groups is 1. The van der Waals surface area contributed by atoms with Crippen molar-refractivity contribution in [1.82, 2.24) is 0 Å². The molecule has 0 amide bonds. The molecule has 2 saturated heterocycles. The normalized spacial score (nSPS) is 27.7. The van der Waals surface area contributed by atoms with Gasteiger partial charge in [0.15, 0.2) is 15.0 Å². The molecule has 0 saturated carbocycles. The third kappa shape index (κ3) is 2.29. The fraction of sp³-hybridized carbons (Fsp3) is 0.462. The summed E-state index contributed by atoms with van der Waals surface area (Å²) in [4.78, 5) is 3.87. The molecule has 2 aliphatic rings. The molecule has 0 aliphatic carbocycles. The van der Waals surface area contributed by atoms with Crippen LogP contribution in [0.4, 0.5) is 11.4 Å². The molecule has 108 valence electrons. The molecule has 0 bridgehead atoms. The zero-order valence-corrected chi connectivity index (χ0v) is 13.0. The van der Waals surface area contributed by atoms with Gasteiger partial charge < -0.3 is 9.80 Å². The second-order valence-electron chi connectivity index (χ2n) is 5.39. The van der Waals surface area contributed by atoms with E-state index in [0.29, 0.717) is 5.17 Å². The van der Waals surface area contributed by atoms with E-state index >= 15 is 0 Å². The maximum absolute atomic E-state index is 11.8. The van der Waals surface area contributed by atoms with Gasteiger partial charge in [-0.3, -0.25) is 5.41 Å². The van der Waals surface area contributed by atoms with Crippen LogP contribution in [0, 0.1) is 5.41 Å². The Morgan fingerprint density at radius 2 is 1.90 bits per heavy atom. The lowest BCUT2D eigenvalue weighted by molar-refractivity contribution is 0.601. The quantitative estimate of drug-likeness (QED) is 0.894. The lowest BCUT2D eigenvalue weighted by atomic mass is 10.2. The number of thioether (sulfide) groups is 1. The van der Waals surface area contributed by atoms with Crippen molar-refractivity contribution < 1.29 is 8.42 Å². The van der Waals surface area contributed by atoms with E-state index in [1.165, 1.54) is 11.8 Å². The molecule has 3 rings (SSSR count). The van der Waals surface area contributed by atoms with E-state index in [9.17, 15) is 8.42 Å². The zero-order valence-electron chi connectivity index (χ0n) is 11.4. The number of benzene rings is 1. The number of fused-ring (bicyclic) bond motifs is 1. The fourth-order valence-corrected chi connectivity index (χ4v) is 6.51. The van der Waals surface area contributed by atoms with Crippen LogP contribution in [0.2, 0.25) is 0 Å². The van der Waals surface area contributed by atoms with Crippen molar-refractivity contribution in [2.45, 2.75) is 11.3 Å². The van der Waals surface area contributed by atoms with E-state index in [0.717, 1.165) is 11.4 Å². The monoisotopic (exact) mass is 311 g/mol. The molecule has 7 heteroatoms. The summed E-state index contributed by atoms with van der Waals surface area (Å²) < 4.78 is 23.5. The van der Waals surface area contributed by atoms with Crippen molar-refractivity contribution in [3.05, 3.63) is 24.3 Å². The van der Waals surface area contributed by atoms with E-state index in [1.54, 1.807) is 0 Å². The number of amidine groups is 1. The SMILES string of the molecule is CN(C)c1ccc(N2C(=N)S[C@@H]3CS(=O)(=O)C[C@@H]32)cc1. The lowest BCUT2D eigenvalue weighted by Gasteiger charge is -2.24. The van der Waals surface area contributed by atoms with Crippen LogP contribution in [0.25, 0.3) is 0 Å². The summed E-state index contributed by atoms with van der Waals surface area (Å²) in [5.74, 6) is 0.347. The molecular formula is C13H17N3O2S2. The van der Waals surface area contributed by atoms with Crippen LogP contribution in [-0.4, -0.2) is 50.5 Å². The molecular weight excluding hydrogens is 294 g/mol. The van der Waals surface area contributed by atoms with Gasteiger partial charge in [0.1, 0.15) is 0 Å². The van der Waals surface area contributed by atoms with Crippen LogP contribution in [0.1, 0.15) is 0 Å². The Kier molecular flexibility index (Phi) is 3.21. The summed E-state index contributed by atoms with van der Waals surface area (Å²) in [6.45, 7) is 0. The van der Waals surface area contributed by atoms with Gasteiger partial charge in [0.25, 0.3) is 0 Å². The van der Waals surface area contributed by atoms with Crippen LogP contribution >= 0.6 is 11.8 Å². The summed E-state index contributed by atoms with van der Waals surface area (Å²) in [5, 5.41) is 8.54. The highest BCUT2D eigenvalue weighted by atomic mass is 32.2. The Labute approximate surface area is 123 Å². The molecule has 0 spiro atoms. The Hall–Kier alpha value is -1.21. The summed E-state index contributed by atoms with van der Waals surface area (Å²) in [5.41, 5.74) is 1.99. The Balaban J connectivity index is 1.91. The van der Waals surface area contributed by atoms with Crippen molar-refractivity contribution in [3.8, 4) is 0 Å². The molecule has 2 atom stereocenters. The molecule has 2 aliphatic heterocycles. The molecule has 2 heterocycles. The number of hydrogen-bond donors (Lipinski definition) is 1. The molecule has 1 aromatic carbocycles. The topological polar surface area (TPSA) is 64.5 Å². The average molecular weight is 311 g/mol. The van der Waals surface area contributed by atoms with E-state index in [1.807, 2.05) is 48.2 Å². The largest absolute Gasteiger partial charge is 0.378 e. The first-order valence-electron chi connectivity index (χ1n) is 6.40. The van der Waals surface area contributed by atoms with Gasteiger partial charge in [0, 0.05) is 30.7 Å². The first-order chi connectivity index (χ1) is 9.37. The molecule has 0 aromatic heterocycles. The van der Waals surface area contributed by atoms with Crippen LogP contribution in [0.15, 0.2) is 24.3 Å². The second kappa shape index (κ2) is 4.66. The Morgan fingerprint density at radius 3 is 2.50 bits per heavy atom. The Morgan fingerprint density at radius 1 is 1.25 bits per heavy atom. The average Bonchev–Trinajstić information content (AvgIpc) is 2.79. The predicted molar refractivity (Wildman–Crippen MR) is 84.8 cm³/mol. The fourth-order valence-electron chi connectivity index (χ4n) is 2.72. The van der Waals surface area contributed by atoms with Crippen LogP contribution < -0.4 is 9.80 Å². The van der Waals surface area contributed by atoms with Crippen LogP contribution in [-0.2, 0) is 9.84 Å². The molecule has 0 unspecified atom stereocenters. The highest BCUT2D eigenvalue weighted by molar-refractivity contribution is 8.15. The highest BCUT2D eigenvalue weighted by Crippen LogP contribution is 2.40. The van der Waals surface area contributed by atoms with Crippen molar-refractivity contribution in [2.75, 3.05) is 35.4 Å². The minimum absolute atomic E-state index is 0.000949. The highest BCUT2D eigenvalue weighted by Gasteiger charge is 2.48. The Bertz CT molecular complexity index is 640. The van der Waals surface area contributed by atoms with Gasteiger partial charge in [0.05, 0.1) is 17.5 Å². The predicted octanol–water partition coefficient (Wildman–Crippen LogP) is 1.41. The molecule has 20 heavy (non-hydrogen) atoms. The number of anilines is 2. The van der Waals surface area contributed by atoms with Gasteiger partial charge in [-0.05, 0) is 24.3 Å². The van der Waals surface area contributed by atoms with Gasteiger partial charge in [-0.15, -0.1) is 0 Å². The maximum Gasteiger partial charge on any atom is 0.161 e. The summed E-state index contributed by atoms with van der Waals surface area (Å²) in [7, 11) is 0.990. The number of rotatable bonds is 2. The summed E-state index contributed by atoms with van der Waals surface area (Å²) in [6, 6.07) is 7.80. The standard InChI is InChI=1S/C13H17N3O2S2/c1-15(2)9-3-5-10(6-4-9)16-11-7-20(17,18)8-12(11)19-13(16)14/h3-6,11-12,14H,7-8H2,1-2H3/t11-,12+/m0/s1. The zero-order chi connectivity index (χ0) is 14.5. The molecule has 0 radical (unpaired) electrons.